The quantitative estimate of drug-likeness (QED) is 0.521. The van der Waals surface area contributed by atoms with E-state index in [0.29, 0.717) is 52.3 Å². The zero-order valence-corrected chi connectivity index (χ0v) is 16.0. The highest BCUT2D eigenvalue weighted by Gasteiger charge is 2.20. The van der Waals surface area contributed by atoms with Gasteiger partial charge in [0.2, 0.25) is 5.82 Å². The lowest BCUT2D eigenvalue weighted by atomic mass is 10.1. The minimum atomic E-state index is -0.520. The Morgan fingerprint density at radius 1 is 0.900 bits per heavy atom. The molecule has 0 spiro atoms. The molecular formula is C20H13ClN4O5. The minimum Gasteiger partial charge on any atom is -0.486 e. The zero-order valence-electron chi connectivity index (χ0n) is 15.3. The van der Waals surface area contributed by atoms with E-state index in [2.05, 4.69) is 20.8 Å². The fourth-order valence-electron chi connectivity index (χ4n) is 2.95. The van der Waals surface area contributed by atoms with Crippen LogP contribution in [0.5, 0.6) is 11.5 Å². The van der Waals surface area contributed by atoms with Crippen molar-refractivity contribution in [2.45, 2.75) is 0 Å². The molecule has 30 heavy (non-hydrogen) atoms. The third kappa shape index (κ3) is 3.46. The Morgan fingerprint density at radius 2 is 1.67 bits per heavy atom. The molecule has 0 saturated heterocycles. The van der Waals surface area contributed by atoms with Crippen molar-refractivity contribution < 1.29 is 23.4 Å². The van der Waals surface area contributed by atoms with Crippen LogP contribution in [0.2, 0.25) is 5.02 Å². The van der Waals surface area contributed by atoms with Gasteiger partial charge in [0.25, 0.3) is 5.91 Å². The summed E-state index contributed by atoms with van der Waals surface area (Å²) in [6.45, 7) is 0.982. The summed E-state index contributed by atoms with van der Waals surface area (Å²) in [5, 5.41) is 14.6. The Morgan fingerprint density at radius 3 is 2.50 bits per heavy atom. The number of hydrogen-bond donors (Lipinski definition) is 1. The SMILES string of the molecule is O=C(Nc1nonc1-c1ccc(Cl)cc1)c1cc(-c2ccc3c(c2)OCCO3)on1. The highest BCUT2D eigenvalue weighted by molar-refractivity contribution is 6.30. The lowest BCUT2D eigenvalue weighted by Gasteiger charge is -2.18. The number of aromatic nitrogens is 3. The first kappa shape index (κ1) is 18.2. The van der Waals surface area contributed by atoms with E-state index >= 15 is 0 Å². The predicted octanol–water partition coefficient (Wildman–Crippen LogP) is 4.07. The third-order valence-corrected chi connectivity index (χ3v) is 4.66. The molecule has 150 valence electrons. The third-order valence-electron chi connectivity index (χ3n) is 4.41. The first-order valence-corrected chi connectivity index (χ1v) is 9.32. The molecule has 0 unspecified atom stereocenters. The first-order valence-electron chi connectivity index (χ1n) is 8.94. The molecule has 1 aliphatic heterocycles. The number of benzene rings is 2. The summed E-state index contributed by atoms with van der Waals surface area (Å²) >= 11 is 5.91. The number of anilines is 1. The number of amides is 1. The number of rotatable bonds is 4. The fraction of sp³-hybridized carbons (Fsp3) is 0.100. The van der Waals surface area contributed by atoms with Gasteiger partial charge >= 0.3 is 0 Å². The Bertz CT molecular complexity index is 1220. The van der Waals surface area contributed by atoms with E-state index in [1.807, 2.05) is 0 Å². The van der Waals surface area contributed by atoms with Crippen molar-refractivity contribution in [3.63, 3.8) is 0 Å². The highest BCUT2D eigenvalue weighted by Crippen LogP contribution is 2.35. The molecular weight excluding hydrogens is 412 g/mol. The van der Waals surface area contributed by atoms with Gasteiger partial charge in [0.1, 0.15) is 13.2 Å². The van der Waals surface area contributed by atoms with Gasteiger partial charge in [-0.05, 0) is 40.6 Å². The molecule has 0 radical (unpaired) electrons. The molecule has 2 aromatic carbocycles. The maximum atomic E-state index is 12.6. The van der Waals surface area contributed by atoms with Crippen molar-refractivity contribution in [3.05, 3.63) is 59.2 Å². The number of nitrogens with one attached hydrogen (secondary N) is 1. The number of halogens is 1. The minimum absolute atomic E-state index is 0.0740. The number of nitrogens with zero attached hydrogens (tertiary/aromatic N) is 3. The summed E-state index contributed by atoms with van der Waals surface area (Å²) in [7, 11) is 0. The van der Waals surface area contributed by atoms with Crippen LogP contribution in [0.4, 0.5) is 5.82 Å². The molecule has 1 amide bonds. The van der Waals surface area contributed by atoms with Gasteiger partial charge in [-0.2, -0.15) is 0 Å². The van der Waals surface area contributed by atoms with Crippen molar-refractivity contribution in [1.29, 1.82) is 0 Å². The summed E-state index contributed by atoms with van der Waals surface area (Å²) < 4.78 is 21.2. The fourth-order valence-corrected chi connectivity index (χ4v) is 3.08. The molecule has 1 N–H and O–H groups in total. The van der Waals surface area contributed by atoms with E-state index in [4.69, 9.17) is 30.2 Å². The standard InChI is InChI=1S/C20H13ClN4O5/c21-13-4-1-11(2-5-13)18-19(25-30-24-18)22-20(26)14-10-16(29-23-14)12-3-6-15-17(9-12)28-8-7-27-15/h1-6,9-10H,7-8H2,(H,22,25,26). The molecule has 9 nitrogen and oxygen atoms in total. The summed E-state index contributed by atoms with van der Waals surface area (Å²) in [6.07, 6.45) is 0. The largest absolute Gasteiger partial charge is 0.486 e. The Kier molecular flexibility index (Phi) is 4.56. The Labute approximate surface area is 174 Å². The van der Waals surface area contributed by atoms with Gasteiger partial charge in [0.05, 0.1) is 0 Å². The number of carbonyl (C=O) groups is 1. The van der Waals surface area contributed by atoms with Crippen molar-refractivity contribution >= 4 is 23.3 Å². The van der Waals surface area contributed by atoms with Gasteiger partial charge in [-0.3, -0.25) is 4.79 Å². The molecule has 5 rings (SSSR count). The summed E-state index contributed by atoms with van der Waals surface area (Å²) in [5.74, 6) is 1.33. The normalized spacial score (nSPS) is 12.6. The van der Waals surface area contributed by atoms with Gasteiger partial charge in [-0.25, -0.2) is 4.63 Å². The summed E-state index contributed by atoms with van der Waals surface area (Å²) in [4.78, 5) is 12.6. The van der Waals surface area contributed by atoms with Gasteiger partial charge in [0.15, 0.2) is 28.6 Å². The molecule has 0 fully saturated rings. The van der Waals surface area contributed by atoms with E-state index in [-0.39, 0.29) is 11.5 Å². The first-order chi connectivity index (χ1) is 14.7. The molecule has 1 aliphatic rings. The molecule has 4 aromatic rings. The average molecular weight is 425 g/mol. The second kappa shape index (κ2) is 7.53. The van der Waals surface area contributed by atoms with E-state index in [1.54, 1.807) is 42.5 Å². The number of hydrogen-bond acceptors (Lipinski definition) is 8. The molecule has 2 aromatic heterocycles. The van der Waals surface area contributed by atoms with Crippen molar-refractivity contribution in [3.8, 4) is 34.1 Å². The van der Waals surface area contributed by atoms with E-state index in [9.17, 15) is 4.79 Å². The van der Waals surface area contributed by atoms with Crippen LogP contribution in [0.1, 0.15) is 10.5 Å². The van der Waals surface area contributed by atoms with Crippen LogP contribution in [-0.2, 0) is 0 Å². The number of carbonyl (C=O) groups excluding carboxylic acids is 1. The van der Waals surface area contributed by atoms with Gasteiger partial charge < -0.3 is 19.3 Å². The number of ether oxygens (including phenoxy) is 2. The Hall–Kier alpha value is -3.85. The van der Waals surface area contributed by atoms with Gasteiger partial charge in [0, 0.05) is 22.2 Å². The second-order valence-corrected chi connectivity index (χ2v) is 6.79. The lowest BCUT2D eigenvalue weighted by molar-refractivity contribution is 0.101. The van der Waals surface area contributed by atoms with Crippen LogP contribution < -0.4 is 14.8 Å². The molecule has 0 aliphatic carbocycles. The van der Waals surface area contributed by atoms with Crippen molar-refractivity contribution in [2.24, 2.45) is 0 Å². The maximum Gasteiger partial charge on any atom is 0.279 e. The van der Waals surface area contributed by atoms with Crippen LogP contribution in [0.3, 0.4) is 0 Å². The monoisotopic (exact) mass is 424 g/mol. The zero-order chi connectivity index (χ0) is 20.5. The van der Waals surface area contributed by atoms with Crippen LogP contribution in [0.15, 0.2) is 57.7 Å². The molecule has 0 bridgehead atoms. The van der Waals surface area contributed by atoms with Crippen LogP contribution in [0.25, 0.3) is 22.6 Å². The van der Waals surface area contributed by atoms with Crippen molar-refractivity contribution in [1.82, 2.24) is 15.5 Å². The molecule has 0 saturated carbocycles. The topological polar surface area (TPSA) is 113 Å². The smallest absolute Gasteiger partial charge is 0.279 e. The van der Waals surface area contributed by atoms with Crippen LogP contribution >= 0.6 is 11.6 Å². The highest BCUT2D eigenvalue weighted by atomic mass is 35.5. The maximum absolute atomic E-state index is 12.6. The molecule has 0 atom stereocenters. The van der Waals surface area contributed by atoms with Crippen LogP contribution in [-0.4, -0.2) is 34.6 Å². The van der Waals surface area contributed by atoms with Crippen LogP contribution in [0, 0.1) is 0 Å². The van der Waals surface area contributed by atoms with E-state index in [1.165, 1.54) is 6.07 Å². The van der Waals surface area contributed by atoms with Gasteiger partial charge in [-0.1, -0.05) is 28.9 Å². The average Bonchev–Trinajstić information content (AvgIpc) is 3.44. The predicted molar refractivity (Wildman–Crippen MR) is 106 cm³/mol. The molecule has 10 heteroatoms. The van der Waals surface area contributed by atoms with E-state index in [0.717, 1.165) is 0 Å². The Balaban J connectivity index is 1.36. The number of fused-ring (bicyclic) bond motifs is 1. The summed E-state index contributed by atoms with van der Waals surface area (Å²) in [5.41, 5.74) is 1.84. The van der Waals surface area contributed by atoms with E-state index < -0.39 is 5.91 Å². The van der Waals surface area contributed by atoms with Crippen molar-refractivity contribution in [2.75, 3.05) is 18.5 Å². The van der Waals surface area contributed by atoms with Gasteiger partial charge in [-0.15, -0.1) is 0 Å². The summed E-state index contributed by atoms with van der Waals surface area (Å²) in [6, 6.07) is 13.8. The second-order valence-electron chi connectivity index (χ2n) is 6.36. The molecule has 3 heterocycles. The lowest BCUT2D eigenvalue weighted by Crippen LogP contribution is -2.15.